The molecule has 0 bridgehead atoms. The van der Waals surface area contributed by atoms with E-state index in [-0.39, 0.29) is 0 Å². The summed E-state index contributed by atoms with van der Waals surface area (Å²) in [5, 5.41) is 0. The van der Waals surface area contributed by atoms with Gasteiger partial charge in [0.25, 0.3) is 0 Å². The second-order valence-corrected chi connectivity index (χ2v) is 10.1. The van der Waals surface area contributed by atoms with Crippen LogP contribution >= 0.6 is 0 Å². The SMILES string of the molecule is CC(c1ccc2c(c1)OCC2)N1CCCCC1.CC(c1ccc2c(c1)OCO2)N1CCCCC1. The first-order valence-corrected chi connectivity index (χ1v) is 13.3. The van der Waals surface area contributed by atoms with Crippen LogP contribution < -0.4 is 14.2 Å². The number of hydrogen-bond donors (Lipinski definition) is 0. The quantitative estimate of drug-likeness (QED) is 0.544. The lowest BCUT2D eigenvalue weighted by molar-refractivity contribution is 0.171. The lowest BCUT2D eigenvalue weighted by Crippen LogP contribution is -2.32. The number of rotatable bonds is 4. The molecule has 4 aliphatic heterocycles. The van der Waals surface area contributed by atoms with Crippen LogP contribution in [0.15, 0.2) is 36.4 Å². The molecule has 0 saturated carbocycles. The Morgan fingerprint density at radius 1 is 0.618 bits per heavy atom. The predicted molar refractivity (Wildman–Crippen MR) is 136 cm³/mol. The molecule has 2 saturated heterocycles. The summed E-state index contributed by atoms with van der Waals surface area (Å²) in [6.45, 7) is 10.8. The van der Waals surface area contributed by atoms with Crippen LogP contribution in [0.4, 0.5) is 0 Å². The van der Waals surface area contributed by atoms with Gasteiger partial charge in [-0.25, -0.2) is 0 Å². The van der Waals surface area contributed by atoms with E-state index in [0.29, 0.717) is 18.9 Å². The molecule has 4 aliphatic rings. The molecule has 0 radical (unpaired) electrons. The van der Waals surface area contributed by atoms with Gasteiger partial charge >= 0.3 is 0 Å². The van der Waals surface area contributed by atoms with E-state index in [2.05, 4.69) is 54.0 Å². The second-order valence-electron chi connectivity index (χ2n) is 10.1. The number of nitrogens with zero attached hydrogens (tertiary/aromatic N) is 2. The van der Waals surface area contributed by atoms with Crippen molar-refractivity contribution in [1.29, 1.82) is 0 Å². The molecule has 184 valence electrons. The molecule has 2 fully saturated rings. The first-order chi connectivity index (χ1) is 16.7. The van der Waals surface area contributed by atoms with Crippen LogP contribution in [0.3, 0.4) is 0 Å². The third-order valence-electron chi connectivity index (χ3n) is 7.96. The lowest BCUT2D eigenvalue weighted by atomic mass is 10.0. The van der Waals surface area contributed by atoms with Gasteiger partial charge < -0.3 is 14.2 Å². The van der Waals surface area contributed by atoms with E-state index in [1.54, 1.807) is 0 Å². The number of ether oxygens (including phenoxy) is 3. The van der Waals surface area contributed by atoms with Crippen molar-refractivity contribution in [2.24, 2.45) is 0 Å². The summed E-state index contributed by atoms with van der Waals surface area (Å²) in [5.41, 5.74) is 4.11. The molecular weight excluding hydrogens is 424 g/mol. The molecule has 2 unspecified atom stereocenters. The van der Waals surface area contributed by atoms with Crippen molar-refractivity contribution in [3.63, 3.8) is 0 Å². The Morgan fingerprint density at radius 3 is 1.82 bits per heavy atom. The summed E-state index contributed by atoms with van der Waals surface area (Å²) >= 11 is 0. The van der Waals surface area contributed by atoms with Crippen molar-refractivity contribution in [2.75, 3.05) is 39.6 Å². The lowest BCUT2D eigenvalue weighted by Gasteiger charge is -2.32. The maximum Gasteiger partial charge on any atom is 0.231 e. The fourth-order valence-electron chi connectivity index (χ4n) is 5.65. The molecular formula is C29H40N2O3. The van der Waals surface area contributed by atoms with Crippen LogP contribution in [0.25, 0.3) is 0 Å². The van der Waals surface area contributed by atoms with Gasteiger partial charge in [-0.2, -0.15) is 0 Å². The van der Waals surface area contributed by atoms with Crippen molar-refractivity contribution in [3.8, 4) is 17.2 Å². The number of likely N-dealkylation sites (tertiary alicyclic amines) is 2. The Hall–Kier alpha value is -2.24. The maximum atomic E-state index is 5.66. The number of fused-ring (bicyclic) bond motifs is 2. The Kier molecular flexibility index (Phi) is 7.60. The highest BCUT2D eigenvalue weighted by atomic mass is 16.7. The van der Waals surface area contributed by atoms with Gasteiger partial charge in [-0.3, -0.25) is 9.80 Å². The summed E-state index contributed by atoms with van der Waals surface area (Å²) in [6, 6.07) is 14.1. The van der Waals surface area contributed by atoms with Crippen molar-refractivity contribution < 1.29 is 14.2 Å². The van der Waals surface area contributed by atoms with Crippen LogP contribution in [-0.2, 0) is 6.42 Å². The highest BCUT2D eigenvalue weighted by Gasteiger charge is 2.22. The number of piperidine rings is 2. The minimum absolute atomic E-state index is 0.358. The molecule has 4 heterocycles. The topological polar surface area (TPSA) is 34.2 Å². The van der Waals surface area contributed by atoms with Gasteiger partial charge in [0.1, 0.15) is 5.75 Å². The predicted octanol–water partition coefficient (Wildman–Crippen LogP) is 6.13. The monoisotopic (exact) mass is 464 g/mol. The van der Waals surface area contributed by atoms with Crippen molar-refractivity contribution in [1.82, 2.24) is 9.80 Å². The smallest absolute Gasteiger partial charge is 0.231 e. The molecule has 0 aliphatic carbocycles. The first kappa shape index (κ1) is 23.5. The minimum Gasteiger partial charge on any atom is -0.493 e. The molecule has 5 heteroatoms. The average Bonchev–Trinajstić information content (AvgIpc) is 3.58. The molecule has 0 amide bonds. The van der Waals surface area contributed by atoms with E-state index in [1.165, 1.54) is 81.4 Å². The highest BCUT2D eigenvalue weighted by molar-refractivity contribution is 5.45. The normalized spacial score (nSPS) is 21.7. The Bertz CT molecular complexity index is 873. The fraction of sp³-hybridized carbons (Fsp3) is 0.586. The molecule has 2 aromatic carbocycles. The van der Waals surface area contributed by atoms with E-state index in [4.69, 9.17) is 14.2 Å². The summed E-state index contributed by atoms with van der Waals surface area (Å²) in [5.74, 6) is 2.89. The Labute approximate surface area is 205 Å². The van der Waals surface area contributed by atoms with Crippen LogP contribution in [-0.4, -0.2) is 49.4 Å². The molecule has 2 atom stereocenters. The molecule has 0 aromatic heterocycles. The summed E-state index contributed by atoms with van der Waals surface area (Å²) in [6.07, 6.45) is 9.22. The first-order valence-electron chi connectivity index (χ1n) is 13.3. The fourth-order valence-corrected chi connectivity index (χ4v) is 5.65. The standard InChI is InChI=1S/C15H21NO.C14H19NO2/c1-12(16-8-3-2-4-9-16)14-6-5-13-7-10-17-15(13)11-14;1-11(15-7-3-2-4-8-15)12-5-6-13-14(9-12)17-10-16-13/h5-6,11-12H,2-4,7-10H2,1H3;5-6,9,11H,2-4,7-8,10H2,1H3. The Morgan fingerprint density at radius 2 is 1.18 bits per heavy atom. The molecule has 2 aromatic rings. The highest BCUT2D eigenvalue weighted by Crippen LogP contribution is 2.36. The zero-order valence-electron chi connectivity index (χ0n) is 20.9. The zero-order valence-corrected chi connectivity index (χ0v) is 20.9. The van der Waals surface area contributed by atoms with Crippen LogP contribution in [0, 0.1) is 0 Å². The second kappa shape index (κ2) is 11.0. The maximum absolute atomic E-state index is 5.66. The van der Waals surface area contributed by atoms with Gasteiger partial charge in [-0.05, 0) is 101 Å². The van der Waals surface area contributed by atoms with Gasteiger partial charge in [0.2, 0.25) is 6.79 Å². The van der Waals surface area contributed by atoms with E-state index >= 15 is 0 Å². The largest absolute Gasteiger partial charge is 0.493 e. The van der Waals surface area contributed by atoms with Crippen LogP contribution in [0.1, 0.15) is 81.1 Å². The van der Waals surface area contributed by atoms with Crippen molar-refractivity contribution >= 4 is 0 Å². The van der Waals surface area contributed by atoms with Gasteiger partial charge in [0.15, 0.2) is 11.5 Å². The number of benzene rings is 2. The minimum atomic E-state index is 0.358. The Balaban J connectivity index is 0.000000142. The van der Waals surface area contributed by atoms with E-state index in [0.717, 1.165) is 30.3 Å². The summed E-state index contributed by atoms with van der Waals surface area (Å²) in [7, 11) is 0. The third-order valence-corrected chi connectivity index (χ3v) is 7.96. The molecule has 0 spiro atoms. The van der Waals surface area contributed by atoms with E-state index in [9.17, 15) is 0 Å². The average molecular weight is 465 g/mol. The number of hydrogen-bond acceptors (Lipinski definition) is 5. The zero-order chi connectivity index (χ0) is 23.3. The van der Waals surface area contributed by atoms with Gasteiger partial charge in [-0.15, -0.1) is 0 Å². The van der Waals surface area contributed by atoms with Gasteiger partial charge in [0, 0.05) is 18.5 Å². The summed E-state index contributed by atoms with van der Waals surface area (Å²) in [4.78, 5) is 5.15. The van der Waals surface area contributed by atoms with Crippen molar-refractivity contribution in [3.05, 3.63) is 53.1 Å². The van der Waals surface area contributed by atoms with Crippen molar-refractivity contribution in [2.45, 2.75) is 70.9 Å². The van der Waals surface area contributed by atoms with Gasteiger partial charge in [-0.1, -0.05) is 31.0 Å². The molecule has 0 N–H and O–H groups in total. The van der Waals surface area contributed by atoms with E-state index < -0.39 is 0 Å². The molecule has 34 heavy (non-hydrogen) atoms. The van der Waals surface area contributed by atoms with Gasteiger partial charge in [0.05, 0.1) is 6.61 Å². The summed E-state index contributed by atoms with van der Waals surface area (Å²) < 4.78 is 16.4. The third kappa shape index (κ3) is 5.36. The molecule has 6 rings (SSSR count). The molecule has 5 nitrogen and oxygen atoms in total. The van der Waals surface area contributed by atoms with Crippen LogP contribution in [0.5, 0.6) is 17.2 Å². The van der Waals surface area contributed by atoms with Crippen LogP contribution in [0.2, 0.25) is 0 Å². The van der Waals surface area contributed by atoms with E-state index in [1.807, 2.05) is 6.07 Å².